The van der Waals surface area contributed by atoms with Crippen LogP contribution in [-0.2, 0) is 5.41 Å². The Labute approximate surface area is 324 Å². The molecule has 0 fully saturated rings. The largest absolute Gasteiger partial charge is 0.309 e. The van der Waals surface area contributed by atoms with Gasteiger partial charge >= 0.3 is 0 Å². The summed E-state index contributed by atoms with van der Waals surface area (Å²) >= 11 is 0. The van der Waals surface area contributed by atoms with Crippen molar-refractivity contribution in [3.8, 4) is 44.8 Å². The van der Waals surface area contributed by atoms with Gasteiger partial charge in [0.05, 0.1) is 37.1 Å². The van der Waals surface area contributed by atoms with E-state index in [1.807, 2.05) is 118 Å². The van der Waals surface area contributed by atoms with Crippen molar-refractivity contribution in [2.75, 3.05) is 0 Å². The number of hydrogen-bond donors (Lipinski definition) is 0. The molecule has 10 aromatic rings. The van der Waals surface area contributed by atoms with Crippen LogP contribution < -0.4 is 0 Å². The third-order valence-corrected chi connectivity index (χ3v) is 10.8. The minimum Gasteiger partial charge on any atom is -0.309 e. The molecule has 0 atom stereocenters. The second kappa shape index (κ2) is 11.2. The zero-order chi connectivity index (χ0) is 44.8. The van der Waals surface area contributed by atoms with Gasteiger partial charge in [-0.2, -0.15) is 0 Å². The highest BCUT2D eigenvalue weighted by Gasteiger charge is 2.37. The maximum Gasteiger partial charge on any atom is 0.0645 e. The number of aromatic nitrogens is 2. The summed E-state index contributed by atoms with van der Waals surface area (Å²) in [5.74, 6) is 0. The monoisotopic (exact) mass is 687 g/mol. The van der Waals surface area contributed by atoms with Gasteiger partial charge in [0.1, 0.15) is 0 Å². The van der Waals surface area contributed by atoms with Crippen molar-refractivity contribution in [2.24, 2.45) is 0 Å². The van der Waals surface area contributed by atoms with Crippen molar-refractivity contribution in [3.05, 3.63) is 193 Å². The minimum atomic E-state index is -0.529. The molecule has 0 N–H and O–H groups in total. The molecular formula is C51H36N2. The van der Waals surface area contributed by atoms with E-state index in [-0.39, 0.29) is 65.0 Å². The van der Waals surface area contributed by atoms with E-state index in [9.17, 15) is 8.22 Å². The van der Waals surface area contributed by atoms with E-state index in [1.54, 1.807) is 6.07 Å². The normalized spacial score (nSPS) is 16.2. The van der Waals surface area contributed by atoms with Gasteiger partial charge in [0.2, 0.25) is 0 Å². The Morgan fingerprint density at radius 3 is 1.70 bits per heavy atom. The Hall–Kier alpha value is -6.64. The Morgan fingerprint density at radius 2 is 1.04 bits per heavy atom. The molecule has 0 amide bonds. The van der Waals surface area contributed by atoms with Crippen LogP contribution in [0.3, 0.4) is 0 Å². The van der Waals surface area contributed by atoms with E-state index < -0.39 is 23.5 Å². The summed E-state index contributed by atoms with van der Waals surface area (Å²) in [6.45, 7) is 4.18. The molecule has 8 aromatic carbocycles. The average molecular weight is 688 g/mol. The molecule has 0 unspecified atom stereocenters. The molecule has 53 heavy (non-hydrogen) atoms. The van der Waals surface area contributed by atoms with Crippen molar-refractivity contribution in [2.45, 2.75) is 19.3 Å². The van der Waals surface area contributed by atoms with Gasteiger partial charge in [-0.15, -0.1) is 0 Å². The van der Waals surface area contributed by atoms with Gasteiger partial charge in [0.25, 0.3) is 0 Å². The van der Waals surface area contributed by atoms with Crippen LogP contribution in [0.15, 0.2) is 182 Å². The summed E-state index contributed by atoms with van der Waals surface area (Å²) in [6, 6.07) is 32.9. The number of fused-ring (bicyclic) bond motifs is 9. The lowest BCUT2D eigenvalue weighted by Gasteiger charge is -2.22. The van der Waals surface area contributed by atoms with Crippen molar-refractivity contribution >= 4 is 43.6 Å². The third kappa shape index (κ3) is 4.33. The maximum absolute atomic E-state index is 9.90. The quantitative estimate of drug-likeness (QED) is 0.174. The second-order valence-corrected chi connectivity index (χ2v) is 14.1. The molecule has 1 aliphatic carbocycles. The number of nitrogens with zero attached hydrogens (tertiary/aromatic N) is 2. The van der Waals surface area contributed by atoms with Gasteiger partial charge in [-0.05, 0) is 105 Å². The molecule has 0 spiro atoms. The molecule has 0 saturated heterocycles. The maximum atomic E-state index is 9.90. The predicted octanol–water partition coefficient (Wildman–Crippen LogP) is 13.5. The fourth-order valence-corrected chi connectivity index (χ4v) is 8.41. The van der Waals surface area contributed by atoms with Crippen LogP contribution in [0.4, 0.5) is 0 Å². The van der Waals surface area contributed by atoms with E-state index >= 15 is 0 Å². The van der Waals surface area contributed by atoms with Crippen molar-refractivity contribution < 1.29 is 15.1 Å². The van der Waals surface area contributed by atoms with Crippen molar-refractivity contribution in [3.63, 3.8) is 0 Å². The molecule has 2 heteroatoms. The lowest BCUT2D eigenvalue weighted by Crippen LogP contribution is -2.15. The predicted molar refractivity (Wildman–Crippen MR) is 224 cm³/mol. The highest BCUT2D eigenvalue weighted by molar-refractivity contribution is 6.13. The molecule has 0 saturated carbocycles. The van der Waals surface area contributed by atoms with Crippen LogP contribution in [0.1, 0.15) is 40.1 Å². The smallest absolute Gasteiger partial charge is 0.0645 e. The highest BCUT2D eigenvalue weighted by Crippen LogP contribution is 2.53. The second-order valence-electron chi connectivity index (χ2n) is 14.1. The van der Waals surface area contributed by atoms with E-state index in [0.29, 0.717) is 49.3 Å². The number of para-hydroxylation sites is 3. The first kappa shape index (κ1) is 21.0. The summed E-state index contributed by atoms with van der Waals surface area (Å²) < 4.78 is 105. The summed E-state index contributed by atoms with van der Waals surface area (Å²) in [7, 11) is 0. The molecule has 0 aliphatic heterocycles. The van der Waals surface area contributed by atoms with Crippen molar-refractivity contribution in [1.82, 2.24) is 9.13 Å². The molecule has 2 aromatic heterocycles. The van der Waals surface area contributed by atoms with Gasteiger partial charge in [-0.3, -0.25) is 0 Å². The van der Waals surface area contributed by atoms with Crippen LogP contribution in [-0.4, -0.2) is 9.13 Å². The molecule has 1 aliphatic rings. The van der Waals surface area contributed by atoms with Crippen LogP contribution in [0, 0.1) is 0 Å². The van der Waals surface area contributed by atoms with Gasteiger partial charge in [-0.25, -0.2) is 0 Å². The third-order valence-electron chi connectivity index (χ3n) is 10.8. The molecule has 250 valence electrons. The molecular weight excluding hydrogens is 641 g/mol. The van der Waals surface area contributed by atoms with Gasteiger partial charge in [-0.1, -0.05) is 135 Å². The van der Waals surface area contributed by atoms with Crippen LogP contribution >= 0.6 is 0 Å². The molecule has 0 radical (unpaired) electrons. The summed E-state index contributed by atoms with van der Waals surface area (Å²) in [6.07, 6.45) is 0. The summed E-state index contributed by atoms with van der Waals surface area (Å²) in [5.41, 5.74) is 6.85. The Balaban J connectivity index is 1.19. The number of rotatable bonds is 4. The molecule has 2 nitrogen and oxygen atoms in total. The minimum absolute atomic E-state index is 0.0488. The lowest BCUT2D eigenvalue weighted by molar-refractivity contribution is 0.660. The fourth-order valence-electron chi connectivity index (χ4n) is 8.41. The first-order valence-electron chi connectivity index (χ1n) is 23.1. The Bertz CT molecular complexity index is 3690. The van der Waals surface area contributed by atoms with Gasteiger partial charge in [0.15, 0.2) is 0 Å². The molecule has 0 bridgehead atoms. The molecule has 2 heterocycles. The number of benzene rings is 8. The SMILES string of the molecule is [2H]c1c([2H])c([2H])c(-c2cccc3c2-c2cc(-n4c5ccccc5c5c([2H])c(-c6c([2H])c([2H])c7c(c6[2H])c6ccccc6n7-c6ccccc6)c([2H])c([2H])c54)ccc2C3(C)C)c([2H])c1[2H]. The topological polar surface area (TPSA) is 9.86 Å². The van der Waals surface area contributed by atoms with Crippen LogP contribution in [0.5, 0.6) is 0 Å². The summed E-state index contributed by atoms with van der Waals surface area (Å²) in [4.78, 5) is 0. The van der Waals surface area contributed by atoms with E-state index in [4.69, 9.17) is 6.85 Å². The van der Waals surface area contributed by atoms with E-state index in [0.717, 1.165) is 33.5 Å². The zero-order valence-corrected chi connectivity index (χ0v) is 28.9. The molecule has 11 rings (SSSR count). The van der Waals surface area contributed by atoms with E-state index in [1.165, 1.54) is 0 Å². The summed E-state index contributed by atoms with van der Waals surface area (Å²) in [5, 5.41) is 2.11. The van der Waals surface area contributed by atoms with Crippen molar-refractivity contribution in [1.29, 1.82) is 0 Å². The zero-order valence-electron chi connectivity index (χ0n) is 39.9. The van der Waals surface area contributed by atoms with Gasteiger partial charge < -0.3 is 9.13 Å². The average Bonchev–Trinajstić information content (AvgIpc) is 3.92. The first-order valence-corrected chi connectivity index (χ1v) is 17.6. The first-order chi connectivity index (χ1) is 30.7. The fraction of sp³-hybridized carbons (Fsp3) is 0.0588. The highest BCUT2D eigenvalue weighted by atomic mass is 15.0. The standard InChI is InChI=1S/C51H36N2/c1-51(2)44-27-26-37(32-43(44)50-38(20-13-21-45(50)51)33-14-5-3-6-15-33)53-47-23-12-10-19-40(47)42-31-35(25-29-49(42)53)34-24-28-48-41(30-34)39-18-9-11-22-46(39)52(48)36-16-7-4-8-17-36/h3-32H,1-2H3/i3D,5D,6D,14D,15D,24D,25D,28D,29D,30D,31D. The van der Waals surface area contributed by atoms with Crippen LogP contribution in [0.25, 0.3) is 88.4 Å². The Morgan fingerprint density at radius 1 is 0.434 bits per heavy atom. The number of hydrogen-bond acceptors (Lipinski definition) is 0. The Kier molecular flexibility index (Phi) is 4.43. The lowest BCUT2D eigenvalue weighted by atomic mass is 9.82. The van der Waals surface area contributed by atoms with E-state index in [2.05, 4.69) is 13.8 Å². The van der Waals surface area contributed by atoms with Gasteiger partial charge in [0, 0.05) is 38.3 Å². The van der Waals surface area contributed by atoms with Crippen LogP contribution in [0.2, 0.25) is 0 Å².